The Morgan fingerprint density at radius 3 is 2.36 bits per heavy atom. The Labute approximate surface area is 168 Å². The first-order valence-electron chi connectivity index (χ1n) is 9.02. The van der Waals surface area contributed by atoms with Crippen molar-refractivity contribution in [3.8, 4) is 17.0 Å². The second-order valence-electron chi connectivity index (χ2n) is 7.57. The summed E-state index contributed by atoms with van der Waals surface area (Å²) in [6, 6.07) is 13.8. The van der Waals surface area contributed by atoms with Gasteiger partial charge < -0.3 is 4.74 Å². The summed E-state index contributed by atoms with van der Waals surface area (Å²) in [6.45, 7) is 8.13. The third kappa shape index (κ3) is 4.95. The second-order valence-corrected chi connectivity index (χ2v) is 8.43. The number of hydrogen-bond donors (Lipinski definition) is 1. The van der Waals surface area contributed by atoms with E-state index in [0.717, 1.165) is 5.56 Å². The molecule has 0 bridgehead atoms. The van der Waals surface area contributed by atoms with Crippen LogP contribution in [0.3, 0.4) is 0 Å². The third-order valence-electron chi connectivity index (χ3n) is 4.28. The lowest BCUT2D eigenvalue weighted by Crippen LogP contribution is -2.30. The highest BCUT2D eigenvalue weighted by Crippen LogP contribution is 2.26. The van der Waals surface area contributed by atoms with Gasteiger partial charge in [-0.1, -0.05) is 32.9 Å². The lowest BCUT2D eigenvalue weighted by Gasteiger charge is -2.20. The van der Waals surface area contributed by atoms with Crippen LogP contribution < -0.4 is 10.1 Å². The Balaban J connectivity index is 1.61. The van der Waals surface area contributed by atoms with Crippen molar-refractivity contribution in [1.29, 1.82) is 0 Å². The molecule has 0 saturated carbocycles. The number of hydrogen-bond acceptors (Lipinski definition) is 4. The first kappa shape index (κ1) is 20.0. The molecular weight excluding hydrogens is 375 g/mol. The molecule has 2 aromatic carbocycles. The maximum absolute atomic E-state index is 13.0. The summed E-state index contributed by atoms with van der Waals surface area (Å²) in [4.78, 5) is 16.8. The van der Waals surface area contributed by atoms with Crippen LogP contribution in [0.25, 0.3) is 11.3 Å². The molecule has 0 aliphatic rings. The number of aromatic nitrogens is 1. The maximum atomic E-state index is 13.0. The summed E-state index contributed by atoms with van der Waals surface area (Å²) < 4.78 is 18.8. The molecule has 28 heavy (non-hydrogen) atoms. The number of ether oxygens (including phenoxy) is 1. The average molecular weight is 399 g/mol. The van der Waals surface area contributed by atoms with Gasteiger partial charge in [-0.05, 0) is 54.3 Å². The first-order chi connectivity index (χ1) is 13.2. The van der Waals surface area contributed by atoms with Gasteiger partial charge in [0.15, 0.2) is 11.2 Å². The fourth-order valence-corrected chi connectivity index (χ4v) is 3.31. The molecule has 0 radical (unpaired) electrons. The van der Waals surface area contributed by atoms with Gasteiger partial charge in [0.1, 0.15) is 11.6 Å². The van der Waals surface area contributed by atoms with Gasteiger partial charge in [-0.15, -0.1) is 11.3 Å². The number of benzene rings is 2. The third-order valence-corrected chi connectivity index (χ3v) is 5.03. The Bertz CT molecular complexity index is 944. The van der Waals surface area contributed by atoms with Gasteiger partial charge in [0.2, 0.25) is 0 Å². The van der Waals surface area contributed by atoms with Crippen molar-refractivity contribution >= 4 is 22.4 Å². The van der Waals surface area contributed by atoms with E-state index in [2.05, 4.69) is 31.1 Å². The van der Waals surface area contributed by atoms with E-state index in [1.165, 1.54) is 29.0 Å². The summed E-state index contributed by atoms with van der Waals surface area (Å²) in [7, 11) is 0. The highest BCUT2D eigenvalue weighted by Gasteiger charge is 2.18. The molecule has 0 fully saturated rings. The van der Waals surface area contributed by atoms with Crippen LogP contribution in [0.2, 0.25) is 0 Å². The normalized spacial score (nSPS) is 12.5. The van der Waals surface area contributed by atoms with E-state index < -0.39 is 6.10 Å². The van der Waals surface area contributed by atoms with Crippen LogP contribution >= 0.6 is 11.3 Å². The molecule has 1 amide bonds. The van der Waals surface area contributed by atoms with Crippen LogP contribution in [0.5, 0.6) is 5.75 Å². The van der Waals surface area contributed by atoms with Gasteiger partial charge in [-0.3, -0.25) is 10.1 Å². The number of nitrogens with zero attached hydrogens (tertiary/aromatic N) is 1. The maximum Gasteiger partial charge on any atom is 0.266 e. The molecule has 0 spiro atoms. The zero-order chi connectivity index (χ0) is 20.3. The quantitative estimate of drug-likeness (QED) is 0.604. The van der Waals surface area contributed by atoms with E-state index in [1.807, 2.05) is 29.6 Å². The zero-order valence-corrected chi connectivity index (χ0v) is 17.1. The Morgan fingerprint density at radius 1 is 1.11 bits per heavy atom. The summed E-state index contributed by atoms with van der Waals surface area (Å²) >= 11 is 1.31. The number of anilines is 1. The minimum absolute atomic E-state index is 0.0641. The van der Waals surface area contributed by atoms with Crippen molar-refractivity contribution in [3.63, 3.8) is 0 Å². The summed E-state index contributed by atoms with van der Waals surface area (Å²) in [5, 5.41) is 5.06. The van der Waals surface area contributed by atoms with Crippen LogP contribution in [0.4, 0.5) is 9.52 Å². The second kappa shape index (κ2) is 8.10. The standard InChI is InChI=1S/C22H23FN2O2S/c1-14(27-18-11-7-16(8-12-18)22(2,3)4)20(26)25-21-24-19(13-28-21)15-5-9-17(23)10-6-15/h5-14H,1-4H3,(H,24,25,26). The van der Waals surface area contributed by atoms with Gasteiger partial charge in [0.25, 0.3) is 5.91 Å². The van der Waals surface area contributed by atoms with E-state index in [4.69, 9.17) is 4.74 Å². The van der Waals surface area contributed by atoms with E-state index in [-0.39, 0.29) is 17.1 Å². The highest BCUT2D eigenvalue weighted by molar-refractivity contribution is 7.14. The van der Waals surface area contributed by atoms with Crippen molar-refractivity contribution < 1.29 is 13.9 Å². The SMILES string of the molecule is CC(Oc1ccc(C(C)(C)C)cc1)C(=O)Nc1nc(-c2ccc(F)cc2)cs1. The molecule has 0 aliphatic carbocycles. The van der Waals surface area contributed by atoms with Crippen LogP contribution in [0, 0.1) is 5.82 Å². The fourth-order valence-electron chi connectivity index (χ4n) is 2.58. The average Bonchev–Trinajstić information content (AvgIpc) is 3.10. The highest BCUT2D eigenvalue weighted by atomic mass is 32.1. The fraction of sp³-hybridized carbons (Fsp3) is 0.273. The van der Waals surface area contributed by atoms with Gasteiger partial charge in [0, 0.05) is 10.9 Å². The molecule has 4 nitrogen and oxygen atoms in total. The number of carbonyl (C=O) groups is 1. The number of thiazole rings is 1. The topological polar surface area (TPSA) is 51.2 Å². The number of carbonyl (C=O) groups excluding carboxylic acids is 1. The molecule has 1 N–H and O–H groups in total. The number of halogens is 1. The van der Waals surface area contributed by atoms with Crippen LogP contribution in [0.15, 0.2) is 53.9 Å². The molecule has 0 aliphatic heterocycles. The van der Waals surface area contributed by atoms with Crippen molar-refractivity contribution in [2.75, 3.05) is 5.32 Å². The minimum atomic E-state index is -0.668. The van der Waals surface area contributed by atoms with Gasteiger partial charge in [-0.25, -0.2) is 9.37 Å². The van der Waals surface area contributed by atoms with E-state index in [0.29, 0.717) is 16.6 Å². The van der Waals surface area contributed by atoms with E-state index in [1.54, 1.807) is 19.1 Å². The van der Waals surface area contributed by atoms with E-state index in [9.17, 15) is 9.18 Å². The van der Waals surface area contributed by atoms with Crippen molar-refractivity contribution in [3.05, 3.63) is 65.3 Å². The predicted octanol–water partition coefficient (Wildman–Crippen LogP) is 5.65. The Morgan fingerprint density at radius 2 is 1.75 bits per heavy atom. The van der Waals surface area contributed by atoms with Crippen LogP contribution in [-0.4, -0.2) is 17.0 Å². The molecule has 146 valence electrons. The van der Waals surface area contributed by atoms with E-state index >= 15 is 0 Å². The van der Waals surface area contributed by atoms with Gasteiger partial charge >= 0.3 is 0 Å². The summed E-state index contributed by atoms with van der Waals surface area (Å²) in [5.41, 5.74) is 2.75. The first-order valence-corrected chi connectivity index (χ1v) is 9.90. The van der Waals surface area contributed by atoms with Crippen LogP contribution in [0.1, 0.15) is 33.3 Å². The Kier molecular flexibility index (Phi) is 5.79. The molecule has 6 heteroatoms. The lowest BCUT2D eigenvalue weighted by atomic mass is 9.87. The molecule has 1 aromatic heterocycles. The Hall–Kier alpha value is -2.73. The van der Waals surface area contributed by atoms with Crippen LogP contribution in [-0.2, 0) is 10.2 Å². The lowest BCUT2D eigenvalue weighted by molar-refractivity contribution is -0.122. The van der Waals surface area contributed by atoms with Gasteiger partial charge in [-0.2, -0.15) is 0 Å². The summed E-state index contributed by atoms with van der Waals surface area (Å²) in [6.07, 6.45) is -0.668. The molecule has 0 saturated heterocycles. The molecular formula is C22H23FN2O2S. The molecule has 1 heterocycles. The number of nitrogens with one attached hydrogen (secondary N) is 1. The molecule has 3 aromatic rings. The largest absolute Gasteiger partial charge is 0.481 e. The number of amides is 1. The van der Waals surface area contributed by atoms with Crippen molar-refractivity contribution in [2.45, 2.75) is 39.2 Å². The van der Waals surface area contributed by atoms with Crippen molar-refractivity contribution in [2.24, 2.45) is 0 Å². The van der Waals surface area contributed by atoms with Gasteiger partial charge in [0.05, 0.1) is 5.69 Å². The van der Waals surface area contributed by atoms with Crippen molar-refractivity contribution in [1.82, 2.24) is 4.98 Å². The smallest absolute Gasteiger partial charge is 0.266 e. The molecule has 1 unspecified atom stereocenters. The summed E-state index contributed by atoms with van der Waals surface area (Å²) in [5.74, 6) is 0.0655. The molecule has 3 rings (SSSR count). The molecule has 1 atom stereocenters. The monoisotopic (exact) mass is 398 g/mol. The number of rotatable bonds is 5. The minimum Gasteiger partial charge on any atom is -0.481 e. The zero-order valence-electron chi connectivity index (χ0n) is 16.3. The predicted molar refractivity (Wildman–Crippen MR) is 111 cm³/mol.